The summed E-state index contributed by atoms with van der Waals surface area (Å²) in [6.07, 6.45) is 6.79. The van der Waals surface area contributed by atoms with Gasteiger partial charge in [-0.25, -0.2) is 19.3 Å². The van der Waals surface area contributed by atoms with Crippen LogP contribution >= 0.6 is 0 Å². The number of hydrogen-bond acceptors (Lipinski definition) is 8. The molecule has 3 aromatic heterocycles. The molecule has 0 aliphatic heterocycles. The summed E-state index contributed by atoms with van der Waals surface area (Å²) in [7, 11) is 2.76. The second kappa shape index (κ2) is 9.96. The van der Waals surface area contributed by atoms with Crippen LogP contribution < -0.4 is 11.0 Å². The Bertz CT molecular complexity index is 1390. The SMILES string of the molecule is CNc1cncc(-c2cnc(-n3c(=O)n(CC=O)c4cccc(C)c43)c(C)n2)c1C=N.CO. The minimum Gasteiger partial charge on any atom is -0.400 e. The number of fused-ring (bicyclic) bond motifs is 1. The maximum Gasteiger partial charge on any atom is 0.335 e. The number of hydrogen-bond donors (Lipinski definition) is 3. The number of nitrogens with zero attached hydrogens (tertiary/aromatic N) is 5. The van der Waals surface area contributed by atoms with Crippen LogP contribution in [0.1, 0.15) is 16.8 Å². The van der Waals surface area contributed by atoms with Gasteiger partial charge in [0.05, 0.1) is 47.0 Å². The second-order valence-electron chi connectivity index (χ2n) is 7.04. The molecule has 0 bridgehead atoms. The minimum atomic E-state index is -0.347. The van der Waals surface area contributed by atoms with Crippen LogP contribution in [0.5, 0.6) is 0 Å². The lowest BCUT2D eigenvalue weighted by atomic mass is 10.1. The molecule has 0 aliphatic rings. The molecule has 170 valence electrons. The van der Waals surface area contributed by atoms with E-state index in [1.54, 1.807) is 32.6 Å². The lowest BCUT2D eigenvalue weighted by molar-refractivity contribution is -0.108. The van der Waals surface area contributed by atoms with Crippen LogP contribution in [0.25, 0.3) is 28.1 Å². The van der Waals surface area contributed by atoms with Crippen molar-refractivity contribution in [3.8, 4) is 17.1 Å². The largest absolute Gasteiger partial charge is 0.400 e. The van der Waals surface area contributed by atoms with E-state index in [0.717, 1.165) is 12.7 Å². The Morgan fingerprint density at radius 1 is 1.18 bits per heavy atom. The Kier molecular flexibility index (Phi) is 7.09. The quantitative estimate of drug-likeness (QED) is 0.304. The molecular formula is C23H25N7O3. The predicted octanol–water partition coefficient (Wildman–Crippen LogP) is 2.11. The number of benzene rings is 1. The molecule has 0 amide bonds. The summed E-state index contributed by atoms with van der Waals surface area (Å²) in [5.41, 5.74) is 5.01. The molecule has 0 atom stereocenters. The normalized spacial score (nSPS) is 10.5. The van der Waals surface area contributed by atoms with Gasteiger partial charge in [-0.2, -0.15) is 0 Å². The zero-order valence-electron chi connectivity index (χ0n) is 18.8. The van der Waals surface area contributed by atoms with Crippen molar-refractivity contribution in [3.05, 3.63) is 64.1 Å². The number of nitrogens with one attached hydrogen (secondary N) is 2. The molecule has 3 heterocycles. The van der Waals surface area contributed by atoms with Gasteiger partial charge >= 0.3 is 5.69 Å². The second-order valence-corrected chi connectivity index (χ2v) is 7.04. The van der Waals surface area contributed by atoms with Gasteiger partial charge in [0.2, 0.25) is 0 Å². The van der Waals surface area contributed by atoms with Gasteiger partial charge in [-0.1, -0.05) is 12.1 Å². The van der Waals surface area contributed by atoms with E-state index in [9.17, 15) is 9.59 Å². The van der Waals surface area contributed by atoms with Crippen LogP contribution in [-0.4, -0.2) is 55.9 Å². The fourth-order valence-electron chi connectivity index (χ4n) is 3.77. The molecule has 10 nitrogen and oxygen atoms in total. The van der Waals surface area contributed by atoms with Gasteiger partial charge in [0.25, 0.3) is 0 Å². The maximum absolute atomic E-state index is 13.2. The lowest BCUT2D eigenvalue weighted by Gasteiger charge is -2.12. The third-order valence-electron chi connectivity index (χ3n) is 5.22. The molecule has 0 saturated carbocycles. The third-order valence-corrected chi connectivity index (χ3v) is 5.22. The molecule has 0 unspecified atom stereocenters. The number of aromatic nitrogens is 5. The van der Waals surface area contributed by atoms with Crippen LogP contribution in [0.3, 0.4) is 0 Å². The fourth-order valence-corrected chi connectivity index (χ4v) is 3.77. The van der Waals surface area contributed by atoms with E-state index in [0.29, 0.717) is 51.3 Å². The average molecular weight is 447 g/mol. The standard InChI is InChI=1S/C22H21N7O2.CH4O/c1-13-5-4-6-19-20(13)29(22(31)28(19)7-8-30)21-14(2)27-18(12-26-21)16-10-25-11-17(24-3)15(16)9-23;1-2/h4-6,8-12,23-24H,7H2,1-3H3;2H,1H3. The van der Waals surface area contributed by atoms with Crippen molar-refractivity contribution in [2.45, 2.75) is 20.4 Å². The molecule has 4 rings (SSSR count). The number of rotatable bonds is 6. The summed E-state index contributed by atoms with van der Waals surface area (Å²) < 4.78 is 2.93. The van der Waals surface area contributed by atoms with Gasteiger partial charge in [0.15, 0.2) is 5.82 Å². The van der Waals surface area contributed by atoms with Crippen molar-refractivity contribution in [1.29, 1.82) is 5.41 Å². The average Bonchev–Trinajstić information content (AvgIpc) is 3.12. The third kappa shape index (κ3) is 4.03. The van der Waals surface area contributed by atoms with Gasteiger partial charge in [-0.15, -0.1) is 0 Å². The van der Waals surface area contributed by atoms with Gasteiger partial charge in [-0.05, 0) is 25.5 Å². The smallest absolute Gasteiger partial charge is 0.335 e. The Morgan fingerprint density at radius 3 is 2.58 bits per heavy atom. The number of aldehydes is 1. The van der Waals surface area contributed by atoms with E-state index in [2.05, 4.69) is 20.3 Å². The van der Waals surface area contributed by atoms with E-state index < -0.39 is 0 Å². The Labute approximate surface area is 190 Å². The molecular weight excluding hydrogens is 422 g/mol. The number of anilines is 1. The van der Waals surface area contributed by atoms with Gasteiger partial charge in [0.1, 0.15) is 6.29 Å². The van der Waals surface area contributed by atoms with E-state index in [1.807, 2.05) is 25.1 Å². The molecule has 0 fully saturated rings. The van der Waals surface area contributed by atoms with Gasteiger partial charge in [0, 0.05) is 37.7 Å². The van der Waals surface area contributed by atoms with Crippen molar-refractivity contribution in [2.24, 2.45) is 0 Å². The molecule has 33 heavy (non-hydrogen) atoms. The van der Waals surface area contributed by atoms with Crippen LogP contribution in [-0.2, 0) is 11.3 Å². The first-order valence-corrected chi connectivity index (χ1v) is 10.1. The highest BCUT2D eigenvalue weighted by molar-refractivity contribution is 5.94. The zero-order valence-corrected chi connectivity index (χ0v) is 18.8. The summed E-state index contributed by atoms with van der Waals surface area (Å²) >= 11 is 0. The Balaban J connectivity index is 0.00000149. The maximum atomic E-state index is 13.2. The molecule has 0 spiro atoms. The van der Waals surface area contributed by atoms with Crippen LogP contribution in [0.2, 0.25) is 0 Å². The minimum absolute atomic E-state index is 0.0402. The highest BCUT2D eigenvalue weighted by Gasteiger charge is 2.20. The topological polar surface area (TPSA) is 139 Å². The zero-order chi connectivity index (χ0) is 24.1. The van der Waals surface area contributed by atoms with E-state index in [1.165, 1.54) is 15.3 Å². The molecule has 3 N–H and O–H groups in total. The molecule has 10 heteroatoms. The number of aryl methyl sites for hydroxylation is 2. The number of aliphatic hydroxyl groups excluding tert-OH is 1. The summed E-state index contributed by atoms with van der Waals surface area (Å²) in [6.45, 7) is 3.65. The van der Waals surface area contributed by atoms with Gasteiger partial charge < -0.3 is 20.6 Å². The molecule has 0 radical (unpaired) electrons. The van der Waals surface area contributed by atoms with E-state index >= 15 is 0 Å². The van der Waals surface area contributed by atoms with Gasteiger partial charge in [-0.3, -0.25) is 9.55 Å². The number of imidazole rings is 1. The predicted molar refractivity (Wildman–Crippen MR) is 127 cm³/mol. The van der Waals surface area contributed by atoms with Crippen molar-refractivity contribution < 1.29 is 9.90 Å². The van der Waals surface area contributed by atoms with E-state index in [4.69, 9.17) is 10.5 Å². The summed E-state index contributed by atoms with van der Waals surface area (Å²) in [5.74, 6) is 0.395. The monoisotopic (exact) mass is 447 g/mol. The molecule has 4 aromatic rings. The van der Waals surface area contributed by atoms with Crippen molar-refractivity contribution >= 4 is 29.2 Å². The number of para-hydroxylation sites is 1. The number of aliphatic hydroxyl groups is 1. The first kappa shape index (κ1) is 23.5. The van der Waals surface area contributed by atoms with Crippen molar-refractivity contribution in [2.75, 3.05) is 19.5 Å². The Hall–Kier alpha value is -4.18. The summed E-state index contributed by atoms with van der Waals surface area (Å²) in [4.78, 5) is 37.8. The highest BCUT2D eigenvalue weighted by Crippen LogP contribution is 2.27. The number of carbonyl (C=O) groups excluding carboxylic acids is 1. The molecule has 1 aromatic carbocycles. The van der Waals surface area contributed by atoms with Crippen LogP contribution in [0.15, 0.2) is 41.6 Å². The van der Waals surface area contributed by atoms with Crippen molar-refractivity contribution in [3.63, 3.8) is 0 Å². The van der Waals surface area contributed by atoms with E-state index in [-0.39, 0.29) is 12.2 Å². The lowest BCUT2D eigenvalue weighted by Crippen LogP contribution is -2.25. The fraction of sp³-hybridized carbons (Fsp3) is 0.217. The first-order chi connectivity index (χ1) is 16.0. The summed E-state index contributed by atoms with van der Waals surface area (Å²) in [6, 6.07) is 5.57. The van der Waals surface area contributed by atoms with Crippen molar-refractivity contribution in [1.82, 2.24) is 24.1 Å². The molecule has 0 saturated heterocycles. The Morgan fingerprint density at radius 2 is 1.94 bits per heavy atom. The number of carbonyl (C=O) groups is 1. The highest BCUT2D eigenvalue weighted by atomic mass is 16.2. The van der Waals surface area contributed by atoms with Crippen LogP contribution in [0, 0.1) is 19.3 Å². The summed E-state index contributed by atoms with van der Waals surface area (Å²) in [5, 5.41) is 17.8. The van der Waals surface area contributed by atoms with Crippen LogP contribution in [0.4, 0.5) is 5.69 Å². The molecule has 0 aliphatic carbocycles. The number of pyridine rings is 1. The first-order valence-electron chi connectivity index (χ1n) is 10.1.